The van der Waals surface area contributed by atoms with Crippen molar-refractivity contribution in [1.82, 2.24) is 14.8 Å². The molecule has 0 saturated heterocycles. The number of carbonyl (C=O) groups excluding carboxylic acids is 2. The largest absolute Gasteiger partial charge is 0.467 e. The highest BCUT2D eigenvalue weighted by Crippen LogP contribution is 2.53. The second-order valence-corrected chi connectivity index (χ2v) is 11.7. The van der Waals surface area contributed by atoms with Crippen LogP contribution in [0.3, 0.4) is 0 Å². The molecule has 3 aromatic rings. The van der Waals surface area contributed by atoms with Crippen molar-refractivity contribution in [2.24, 2.45) is 0 Å². The molecule has 1 heterocycles. The van der Waals surface area contributed by atoms with Crippen molar-refractivity contribution in [1.29, 1.82) is 0 Å². The number of carbonyl (C=O) groups is 2. The summed E-state index contributed by atoms with van der Waals surface area (Å²) in [5, 5.41) is 14.7. The predicted molar refractivity (Wildman–Crippen MR) is 162 cm³/mol. The van der Waals surface area contributed by atoms with Gasteiger partial charge in [-0.1, -0.05) is 48.0 Å². The second-order valence-electron chi connectivity index (χ2n) is 10.2. The molecule has 9 nitrogen and oxygen atoms in total. The molecular formula is C29H36Cl2N4O5S. The van der Waals surface area contributed by atoms with Crippen LogP contribution >= 0.6 is 35.4 Å². The third-order valence-corrected chi connectivity index (χ3v) is 8.57. The minimum Gasteiger partial charge on any atom is -0.467 e. The number of hydrogen-bond donors (Lipinski definition) is 2. The number of nitrogens with zero attached hydrogens (tertiary/aromatic N) is 3. The summed E-state index contributed by atoms with van der Waals surface area (Å²) >= 11 is 17.9. The van der Waals surface area contributed by atoms with E-state index in [1.807, 2.05) is 56.3 Å². The number of H-pyrrole nitrogens is 1. The lowest BCUT2D eigenvalue weighted by Crippen LogP contribution is -2.47. The fourth-order valence-electron chi connectivity index (χ4n) is 4.73. The molecule has 1 aliphatic carbocycles. The van der Waals surface area contributed by atoms with E-state index < -0.39 is 22.5 Å². The molecule has 2 unspecified atom stereocenters. The van der Waals surface area contributed by atoms with Crippen LogP contribution in [-0.2, 0) is 32.0 Å². The Bertz CT molecular complexity index is 1400. The van der Waals surface area contributed by atoms with Crippen molar-refractivity contribution in [2.75, 3.05) is 25.7 Å². The summed E-state index contributed by atoms with van der Waals surface area (Å²) in [5.41, 5.74) is 2.31. The lowest BCUT2D eigenvalue weighted by molar-refractivity contribution is -0.143. The van der Waals surface area contributed by atoms with Gasteiger partial charge in [0.2, 0.25) is 4.77 Å². The number of alkyl halides is 1. The third kappa shape index (κ3) is 7.75. The summed E-state index contributed by atoms with van der Waals surface area (Å²) in [6, 6.07) is 12.5. The molecule has 2 aromatic carbocycles. The molecule has 0 spiro atoms. The van der Waals surface area contributed by atoms with Crippen LogP contribution in [0.5, 0.6) is 0 Å². The Morgan fingerprint density at radius 1 is 1.20 bits per heavy atom. The Kier molecular flexibility index (Phi) is 11.1. The van der Waals surface area contributed by atoms with E-state index in [1.165, 1.54) is 25.4 Å². The summed E-state index contributed by atoms with van der Waals surface area (Å²) in [7, 11) is 2.76. The number of ether oxygens (including phenoxy) is 2. The quantitative estimate of drug-likeness (QED) is 0.182. The highest BCUT2D eigenvalue weighted by molar-refractivity contribution is 7.71. The van der Waals surface area contributed by atoms with E-state index in [2.05, 4.69) is 10.1 Å². The molecule has 4 rings (SSSR count). The molecule has 1 amide bonds. The maximum atomic E-state index is 12.3. The number of benzene rings is 2. The fraction of sp³-hybridized carbons (Fsp3) is 0.448. The molecule has 222 valence electrons. The fourth-order valence-corrected chi connectivity index (χ4v) is 5.32. The lowest BCUT2D eigenvalue weighted by Gasteiger charge is -2.33. The van der Waals surface area contributed by atoms with Gasteiger partial charge < -0.3 is 14.6 Å². The molecular weight excluding hydrogens is 587 g/mol. The smallest absolute Gasteiger partial charge is 0.328 e. The zero-order chi connectivity index (χ0) is 30.4. The highest BCUT2D eigenvalue weighted by Gasteiger charge is 2.58. The predicted octanol–water partition coefficient (Wildman–Crippen LogP) is 5.18. The third-order valence-electron chi connectivity index (χ3n) is 7.15. The van der Waals surface area contributed by atoms with Gasteiger partial charge in [-0.05, 0) is 68.6 Å². The number of esters is 1. The molecule has 12 heteroatoms. The summed E-state index contributed by atoms with van der Waals surface area (Å²) in [6.45, 7) is 5.62. The Labute approximate surface area is 255 Å². The number of rotatable bonds is 10. The minimum atomic E-state index is -1.13. The Hall–Kier alpha value is -2.76. The number of methoxy groups -OCH3 is 2. The number of nitrogens with one attached hydrogen (secondary N) is 1. The number of aryl methyl sites for hydroxylation is 2. The van der Waals surface area contributed by atoms with Gasteiger partial charge in [-0.25, -0.2) is 9.78 Å². The van der Waals surface area contributed by atoms with Gasteiger partial charge in [-0.15, -0.1) is 11.6 Å². The first-order chi connectivity index (χ1) is 19.4. The normalized spacial score (nSPS) is 15.6. The van der Waals surface area contributed by atoms with E-state index in [0.717, 1.165) is 35.2 Å². The first-order valence-corrected chi connectivity index (χ1v) is 14.2. The van der Waals surface area contributed by atoms with Crippen LogP contribution in [-0.4, -0.2) is 69.1 Å². The van der Waals surface area contributed by atoms with Crippen LogP contribution in [0.4, 0.5) is 5.69 Å². The maximum Gasteiger partial charge on any atom is 0.328 e. The van der Waals surface area contributed by atoms with Crippen molar-refractivity contribution >= 4 is 53.0 Å². The average Bonchev–Trinajstić information content (AvgIpc) is 3.58. The number of aromatic amines is 1. The van der Waals surface area contributed by atoms with Crippen molar-refractivity contribution < 1.29 is 24.2 Å². The van der Waals surface area contributed by atoms with Crippen LogP contribution in [0.25, 0.3) is 0 Å². The number of aromatic nitrogens is 3. The molecule has 0 bridgehead atoms. The van der Waals surface area contributed by atoms with Gasteiger partial charge in [0.05, 0.1) is 24.2 Å². The van der Waals surface area contributed by atoms with E-state index in [1.54, 1.807) is 11.6 Å². The van der Waals surface area contributed by atoms with Gasteiger partial charge in [0, 0.05) is 18.6 Å². The van der Waals surface area contributed by atoms with Crippen molar-refractivity contribution in [2.45, 2.75) is 63.1 Å². The number of aliphatic hydroxyl groups is 1. The minimum absolute atomic E-state index is 0.0882. The molecule has 1 saturated carbocycles. The van der Waals surface area contributed by atoms with Crippen LogP contribution in [0.2, 0.25) is 5.02 Å². The molecule has 1 aliphatic rings. The van der Waals surface area contributed by atoms with Crippen LogP contribution in [0.1, 0.15) is 36.5 Å². The summed E-state index contributed by atoms with van der Waals surface area (Å²) in [6.07, 6.45) is 3.43. The number of amides is 1. The van der Waals surface area contributed by atoms with Crippen LogP contribution < -0.4 is 4.90 Å². The SMILES string of the molecule is COCC(=O)N(c1c(C)cccc1C)C(C)C(=O)OC.OC(Cc1ccccc1Cl)(Cn1[nH]cnc1=S)C1(Cl)CC1. The molecule has 1 fully saturated rings. The first-order valence-electron chi connectivity index (χ1n) is 13.1. The van der Waals surface area contributed by atoms with Gasteiger partial charge in [-0.2, -0.15) is 0 Å². The maximum absolute atomic E-state index is 12.3. The zero-order valence-electron chi connectivity index (χ0n) is 23.8. The molecule has 0 radical (unpaired) electrons. The summed E-state index contributed by atoms with van der Waals surface area (Å²) in [5.74, 6) is -0.736. The van der Waals surface area contributed by atoms with Crippen molar-refractivity contribution in [3.05, 3.63) is 75.3 Å². The summed E-state index contributed by atoms with van der Waals surface area (Å²) < 4.78 is 11.7. The van der Waals surface area contributed by atoms with Crippen molar-refractivity contribution in [3.8, 4) is 0 Å². The second kappa shape index (κ2) is 13.9. The van der Waals surface area contributed by atoms with Gasteiger partial charge in [-0.3, -0.25) is 19.5 Å². The van der Waals surface area contributed by atoms with E-state index in [0.29, 0.717) is 16.2 Å². The Morgan fingerprint density at radius 3 is 2.34 bits per heavy atom. The Morgan fingerprint density at radius 2 is 1.83 bits per heavy atom. The monoisotopic (exact) mass is 622 g/mol. The Balaban J connectivity index is 0.000000226. The van der Waals surface area contributed by atoms with Crippen LogP contribution in [0, 0.1) is 18.6 Å². The average molecular weight is 624 g/mol. The number of hydrogen-bond acceptors (Lipinski definition) is 7. The molecule has 2 atom stereocenters. The topological polar surface area (TPSA) is 110 Å². The van der Waals surface area contributed by atoms with Gasteiger partial charge >= 0.3 is 5.97 Å². The van der Waals surface area contributed by atoms with Gasteiger partial charge in [0.1, 0.15) is 24.6 Å². The summed E-state index contributed by atoms with van der Waals surface area (Å²) in [4.78, 5) is 28.9. The number of anilines is 1. The molecule has 41 heavy (non-hydrogen) atoms. The molecule has 1 aromatic heterocycles. The zero-order valence-corrected chi connectivity index (χ0v) is 26.1. The van der Waals surface area contributed by atoms with Gasteiger partial charge in [0.25, 0.3) is 5.91 Å². The van der Waals surface area contributed by atoms with E-state index in [4.69, 9.17) is 44.9 Å². The lowest BCUT2D eigenvalue weighted by atomic mass is 9.89. The first kappa shape index (κ1) is 32.8. The highest BCUT2D eigenvalue weighted by atomic mass is 35.5. The number of para-hydroxylation sites is 1. The van der Waals surface area contributed by atoms with E-state index in [-0.39, 0.29) is 19.1 Å². The van der Waals surface area contributed by atoms with E-state index in [9.17, 15) is 14.7 Å². The number of halogens is 2. The van der Waals surface area contributed by atoms with E-state index >= 15 is 0 Å². The van der Waals surface area contributed by atoms with Crippen molar-refractivity contribution in [3.63, 3.8) is 0 Å². The van der Waals surface area contributed by atoms with Crippen LogP contribution in [0.15, 0.2) is 48.8 Å². The molecule has 2 N–H and O–H groups in total. The molecule has 0 aliphatic heterocycles. The van der Waals surface area contributed by atoms with Gasteiger partial charge in [0.15, 0.2) is 0 Å². The standard InChI is InChI=1S/C15H21NO4.C14H15Cl2N3OS/c1-10-7-6-8-11(2)14(10)16(13(17)9-19-4)12(3)15(18)20-5;15-11-4-2-1-3-10(11)7-14(20,13(16)5-6-13)8-19-12(21)17-9-18-19/h6-8,12H,9H2,1-5H3;1-4,9,20H,5-8H2,(H,17,18,21).